The molecule has 60 heavy (non-hydrogen) atoms. The second-order valence-corrected chi connectivity index (χ2v) is 17.1. The molecule has 1 N–H and O–H groups in total. The van der Waals surface area contributed by atoms with E-state index in [0.29, 0.717) is 43.4 Å². The number of aromatic hydroxyl groups is 1. The van der Waals surface area contributed by atoms with Crippen LogP contribution in [-0.2, 0) is 24.6 Å². The molecule has 302 valence electrons. The van der Waals surface area contributed by atoms with Gasteiger partial charge < -0.3 is 14.7 Å². The number of amides is 4. The number of rotatable bonds is 8. The third kappa shape index (κ3) is 6.14. The molecule has 6 atom stereocenters. The molecule has 5 aromatic rings. The zero-order valence-electron chi connectivity index (χ0n) is 32.8. The van der Waals surface area contributed by atoms with Gasteiger partial charge in [-0.05, 0) is 125 Å². The molecule has 2 aliphatic heterocycles. The minimum atomic E-state index is -1.48. The molecular weight excluding hydrogens is 846 g/mol. The normalized spacial score (nSPS) is 24.7. The van der Waals surface area contributed by atoms with Crippen LogP contribution in [0.1, 0.15) is 29.9 Å². The third-order valence-electron chi connectivity index (χ3n) is 12.5. The van der Waals surface area contributed by atoms with Crippen LogP contribution in [0.15, 0.2) is 142 Å². The van der Waals surface area contributed by atoms with Crippen molar-refractivity contribution in [2.24, 2.45) is 33.9 Å². The average molecular weight is 885 g/mol. The number of halogens is 2. The summed E-state index contributed by atoms with van der Waals surface area (Å²) < 4.78 is 5.95. The first-order chi connectivity index (χ1) is 28.9. The standard InChI is InChI=1S/C47H39BrClN5O6/c1-52(2)31-16-12-29(13-17-31)50-51-30-14-18-32(19-15-30)53-43(56)35-21-20-34-36(40(35)45(53)58)25-37-44(57)54(33-11-7-10-28(49)24-33)46(59)47(37,27-8-5-4-6-9-27)41(34)26-22-38(48)42(55)39(23-26)60-3/h4-20,22-24,35-37,40-41,55H,21,25H2,1-3H3/t35-,36+,37-,40-,41-,47+/m0/s1. The predicted octanol–water partition coefficient (Wildman–Crippen LogP) is 9.67. The van der Waals surface area contributed by atoms with E-state index in [0.717, 1.165) is 11.3 Å². The SMILES string of the molecule is COc1cc([C@H]2C3=CC[C@@H]4C(=O)N(c5ccc(N=Nc6ccc(N(C)C)cc6)cc5)C(=O)[C@@H]4[C@@H]3C[C@H]3C(=O)N(c4cccc(Cl)c4)C(=O)[C@@]23c2ccccc2)cc(Br)c1O. The summed E-state index contributed by atoms with van der Waals surface area (Å²) in [6.07, 6.45) is 2.38. The van der Waals surface area contributed by atoms with Crippen molar-refractivity contribution in [1.82, 2.24) is 0 Å². The summed E-state index contributed by atoms with van der Waals surface area (Å²) in [7, 11) is 5.37. The molecule has 0 radical (unpaired) electrons. The zero-order chi connectivity index (χ0) is 42.0. The van der Waals surface area contributed by atoms with E-state index in [1.54, 1.807) is 60.7 Å². The van der Waals surface area contributed by atoms with Gasteiger partial charge in [0, 0.05) is 30.7 Å². The second kappa shape index (κ2) is 15.2. The molecule has 13 heteroatoms. The van der Waals surface area contributed by atoms with Crippen molar-refractivity contribution in [3.05, 3.63) is 148 Å². The molecule has 5 aromatic carbocycles. The number of phenolic OH excluding ortho intramolecular Hbond substituents is 1. The Morgan fingerprint density at radius 2 is 1.47 bits per heavy atom. The van der Waals surface area contributed by atoms with Crippen LogP contribution in [-0.4, -0.2) is 49.9 Å². The quantitative estimate of drug-likeness (QED) is 0.0933. The number of hydrogen-bond donors (Lipinski definition) is 1. The van der Waals surface area contributed by atoms with Gasteiger partial charge in [0.2, 0.25) is 23.6 Å². The number of methoxy groups -OCH3 is 1. The van der Waals surface area contributed by atoms with Gasteiger partial charge in [-0.1, -0.05) is 59.6 Å². The topological polar surface area (TPSA) is 132 Å². The number of imide groups is 2. The molecule has 9 rings (SSSR count). The van der Waals surface area contributed by atoms with E-state index in [1.807, 2.05) is 79.7 Å². The molecular formula is C47H39BrClN5O6. The molecule has 11 nitrogen and oxygen atoms in total. The number of hydrogen-bond acceptors (Lipinski definition) is 9. The Bertz CT molecular complexity index is 2640. The van der Waals surface area contributed by atoms with Gasteiger partial charge in [0.05, 0.1) is 57.5 Å². The highest BCUT2D eigenvalue weighted by molar-refractivity contribution is 9.10. The van der Waals surface area contributed by atoms with Gasteiger partial charge in [-0.15, -0.1) is 0 Å². The monoisotopic (exact) mass is 883 g/mol. The summed E-state index contributed by atoms with van der Waals surface area (Å²) in [4.78, 5) is 64.2. The average Bonchev–Trinajstić information content (AvgIpc) is 3.65. The van der Waals surface area contributed by atoms with Gasteiger partial charge in [-0.3, -0.25) is 24.1 Å². The van der Waals surface area contributed by atoms with Gasteiger partial charge in [-0.25, -0.2) is 4.90 Å². The van der Waals surface area contributed by atoms with E-state index in [9.17, 15) is 14.7 Å². The first-order valence-corrected chi connectivity index (χ1v) is 20.7. The molecule has 3 fully saturated rings. The largest absolute Gasteiger partial charge is 0.503 e. The highest BCUT2D eigenvalue weighted by Crippen LogP contribution is 2.65. The van der Waals surface area contributed by atoms with Crippen molar-refractivity contribution in [3.63, 3.8) is 0 Å². The van der Waals surface area contributed by atoms with Crippen molar-refractivity contribution in [3.8, 4) is 11.5 Å². The van der Waals surface area contributed by atoms with E-state index in [1.165, 1.54) is 16.9 Å². The van der Waals surface area contributed by atoms with Crippen molar-refractivity contribution in [2.75, 3.05) is 35.9 Å². The lowest BCUT2D eigenvalue weighted by Crippen LogP contribution is -2.53. The summed E-state index contributed by atoms with van der Waals surface area (Å²) in [5, 5.41) is 20.0. The fraction of sp³-hybridized carbons (Fsp3) is 0.234. The molecule has 1 saturated carbocycles. The lowest BCUT2D eigenvalue weighted by Gasteiger charge is -2.50. The van der Waals surface area contributed by atoms with E-state index in [-0.39, 0.29) is 36.2 Å². The zero-order valence-corrected chi connectivity index (χ0v) is 35.2. The maximum Gasteiger partial charge on any atom is 0.246 e. The van der Waals surface area contributed by atoms with Crippen LogP contribution in [0.2, 0.25) is 5.02 Å². The van der Waals surface area contributed by atoms with Crippen LogP contribution in [0.4, 0.5) is 28.4 Å². The number of carbonyl (C=O) groups is 4. The van der Waals surface area contributed by atoms with Crippen LogP contribution < -0.4 is 19.4 Å². The summed E-state index contributed by atoms with van der Waals surface area (Å²) in [5.74, 6) is -5.32. The molecule has 0 unspecified atom stereocenters. The fourth-order valence-electron chi connectivity index (χ4n) is 9.89. The van der Waals surface area contributed by atoms with Crippen LogP contribution in [0.25, 0.3) is 0 Å². The maximum atomic E-state index is 15.5. The highest BCUT2D eigenvalue weighted by atomic mass is 79.9. The Morgan fingerprint density at radius 1 is 0.783 bits per heavy atom. The van der Waals surface area contributed by atoms with Gasteiger partial charge in [0.1, 0.15) is 0 Å². The van der Waals surface area contributed by atoms with Crippen LogP contribution in [0.3, 0.4) is 0 Å². The van der Waals surface area contributed by atoms with Crippen LogP contribution in [0.5, 0.6) is 11.5 Å². The summed E-state index contributed by atoms with van der Waals surface area (Å²) in [5.41, 5.74) is 3.54. The summed E-state index contributed by atoms with van der Waals surface area (Å²) >= 11 is 9.95. The molecule has 0 bridgehead atoms. The Kier molecular flexibility index (Phi) is 9.95. The van der Waals surface area contributed by atoms with Gasteiger partial charge in [-0.2, -0.15) is 10.2 Å². The number of anilines is 3. The van der Waals surface area contributed by atoms with Gasteiger partial charge in [0.15, 0.2) is 11.5 Å². The van der Waals surface area contributed by atoms with Gasteiger partial charge in [0.25, 0.3) is 0 Å². The fourth-order valence-corrected chi connectivity index (χ4v) is 10.5. The number of azo groups is 1. The number of benzene rings is 5. The van der Waals surface area contributed by atoms with Crippen molar-refractivity contribution >= 4 is 79.6 Å². The maximum absolute atomic E-state index is 15.5. The number of phenols is 1. The molecule has 4 aliphatic rings. The predicted molar refractivity (Wildman–Crippen MR) is 232 cm³/mol. The third-order valence-corrected chi connectivity index (χ3v) is 13.4. The lowest BCUT2D eigenvalue weighted by atomic mass is 9.49. The molecule has 0 aromatic heterocycles. The lowest BCUT2D eigenvalue weighted by molar-refractivity contribution is -0.127. The second-order valence-electron chi connectivity index (χ2n) is 15.8. The Morgan fingerprint density at radius 3 is 2.12 bits per heavy atom. The summed E-state index contributed by atoms with van der Waals surface area (Å²) in [6.45, 7) is 0. The van der Waals surface area contributed by atoms with E-state index in [4.69, 9.17) is 16.3 Å². The van der Waals surface area contributed by atoms with Crippen molar-refractivity contribution < 1.29 is 29.0 Å². The first kappa shape index (κ1) is 39.4. The number of ether oxygens (including phenoxy) is 1. The van der Waals surface area contributed by atoms with E-state index >= 15 is 9.59 Å². The first-order valence-electron chi connectivity index (χ1n) is 19.6. The molecule has 4 amide bonds. The molecule has 2 heterocycles. The van der Waals surface area contributed by atoms with E-state index < -0.39 is 46.8 Å². The number of carbonyl (C=O) groups excluding carboxylic acids is 4. The number of fused-ring (bicyclic) bond motifs is 4. The summed E-state index contributed by atoms with van der Waals surface area (Å²) in [6, 6.07) is 33.8. The van der Waals surface area contributed by atoms with Crippen molar-refractivity contribution in [1.29, 1.82) is 0 Å². The molecule has 2 saturated heterocycles. The van der Waals surface area contributed by atoms with Crippen LogP contribution >= 0.6 is 27.5 Å². The minimum Gasteiger partial charge on any atom is -0.503 e. The highest BCUT2D eigenvalue weighted by Gasteiger charge is 2.70. The van der Waals surface area contributed by atoms with Crippen molar-refractivity contribution in [2.45, 2.75) is 24.2 Å². The van der Waals surface area contributed by atoms with Gasteiger partial charge >= 0.3 is 0 Å². The Balaban J connectivity index is 1.13. The van der Waals surface area contributed by atoms with E-state index in [2.05, 4.69) is 26.2 Å². The molecule has 2 aliphatic carbocycles. The number of allylic oxidation sites excluding steroid dienone is 2. The Labute approximate surface area is 360 Å². The Hall–Kier alpha value is -6.11. The smallest absolute Gasteiger partial charge is 0.246 e. The number of nitrogens with zero attached hydrogens (tertiary/aromatic N) is 5. The molecule has 0 spiro atoms. The van der Waals surface area contributed by atoms with Crippen LogP contribution in [0, 0.1) is 23.7 Å². The minimum absolute atomic E-state index is 0.121.